The summed E-state index contributed by atoms with van der Waals surface area (Å²) in [5.74, 6) is 0.172. The van der Waals surface area contributed by atoms with Crippen LogP contribution in [-0.4, -0.2) is 4.98 Å². The molecule has 2 nitrogen and oxygen atoms in total. The highest BCUT2D eigenvalue weighted by molar-refractivity contribution is 6.30. The van der Waals surface area contributed by atoms with E-state index in [9.17, 15) is 4.39 Å². The lowest BCUT2D eigenvalue weighted by molar-refractivity contribution is 0.518. The van der Waals surface area contributed by atoms with Crippen molar-refractivity contribution in [2.75, 3.05) is 0 Å². The Morgan fingerprint density at radius 1 is 1.64 bits per heavy atom. The average molecular weight is 215 g/mol. The van der Waals surface area contributed by atoms with Gasteiger partial charge in [-0.25, -0.2) is 4.98 Å². The number of nitrogens with zero attached hydrogens (tertiary/aromatic N) is 1. The Morgan fingerprint density at radius 2 is 2.36 bits per heavy atom. The highest BCUT2D eigenvalue weighted by Crippen LogP contribution is 2.37. The molecular weight excluding hydrogens is 203 g/mol. The van der Waals surface area contributed by atoms with Gasteiger partial charge in [0.15, 0.2) is 0 Å². The number of aromatic nitrogens is 1. The zero-order chi connectivity index (χ0) is 10.1. The zero-order valence-electron chi connectivity index (χ0n) is 7.71. The fourth-order valence-electron chi connectivity index (χ4n) is 1.54. The van der Waals surface area contributed by atoms with Crippen molar-refractivity contribution >= 4 is 11.6 Å². The Labute approximate surface area is 87.3 Å². The highest BCUT2D eigenvalue weighted by atomic mass is 35.5. The maximum atomic E-state index is 13.2. The van der Waals surface area contributed by atoms with Gasteiger partial charge in [-0.1, -0.05) is 24.4 Å². The van der Waals surface area contributed by atoms with Gasteiger partial charge in [-0.15, -0.1) is 0 Å². The third-order valence-electron chi connectivity index (χ3n) is 2.52. The molecule has 1 heterocycles. The standard InChI is InChI=1S/C10H12ClFN2/c11-7-4-8(10(12)14-5-7)9(13)3-6-1-2-6/h4-6,9H,1-3,13H2/t9-/m0/s1. The van der Waals surface area contributed by atoms with E-state index >= 15 is 0 Å². The normalized spacial score (nSPS) is 18.2. The van der Waals surface area contributed by atoms with E-state index in [-0.39, 0.29) is 6.04 Å². The molecule has 4 heteroatoms. The maximum Gasteiger partial charge on any atom is 0.217 e. The van der Waals surface area contributed by atoms with Crippen LogP contribution in [0.5, 0.6) is 0 Å². The minimum Gasteiger partial charge on any atom is -0.324 e. The summed E-state index contributed by atoms with van der Waals surface area (Å²) in [5, 5.41) is 0.438. The SMILES string of the molecule is N[C@@H](CC1CC1)c1cc(Cl)cnc1F. The Morgan fingerprint density at radius 3 is 3.00 bits per heavy atom. The number of hydrogen-bond donors (Lipinski definition) is 1. The van der Waals surface area contributed by atoms with E-state index in [0.717, 1.165) is 6.42 Å². The molecule has 0 radical (unpaired) electrons. The van der Waals surface area contributed by atoms with Gasteiger partial charge in [-0.3, -0.25) is 0 Å². The summed E-state index contributed by atoms with van der Waals surface area (Å²) in [6.07, 6.45) is 4.55. The summed E-state index contributed by atoms with van der Waals surface area (Å²) < 4.78 is 13.2. The van der Waals surface area contributed by atoms with Crippen LogP contribution in [0.1, 0.15) is 30.9 Å². The van der Waals surface area contributed by atoms with E-state index in [2.05, 4.69) is 4.98 Å². The molecule has 14 heavy (non-hydrogen) atoms. The molecular formula is C10H12ClFN2. The maximum absolute atomic E-state index is 13.2. The molecule has 1 atom stereocenters. The monoisotopic (exact) mass is 214 g/mol. The largest absolute Gasteiger partial charge is 0.324 e. The van der Waals surface area contributed by atoms with Crippen LogP contribution in [0, 0.1) is 11.9 Å². The van der Waals surface area contributed by atoms with Crippen molar-refractivity contribution in [3.05, 3.63) is 28.8 Å². The molecule has 1 aliphatic rings. The lowest BCUT2D eigenvalue weighted by atomic mass is 10.0. The topological polar surface area (TPSA) is 38.9 Å². The second kappa shape index (κ2) is 3.83. The van der Waals surface area contributed by atoms with Gasteiger partial charge in [0.05, 0.1) is 5.02 Å². The van der Waals surface area contributed by atoms with Crippen LogP contribution >= 0.6 is 11.6 Å². The molecule has 0 aliphatic heterocycles. The fourth-order valence-corrected chi connectivity index (χ4v) is 1.70. The summed E-state index contributed by atoms with van der Waals surface area (Å²) >= 11 is 5.73. The quantitative estimate of drug-likeness (QED) is 0.786. The summed E-state index contributed by atoms with van der Waals surface area (Å²) in [6.45, 7) is 0. The Hall–Kier alpha value is -0.670. The molecule has 0 bridgehead atoms. The van der Waals surface area contributed by atoms with Crippen LogP contribution in [0.15, 0.2) is 12.3 Å². The van der Waals surface area contributed by atoms with Crippen LogP contribution in [0.25, 0.3) is 0 Å². The Balaban J connectivity index is 2.15. The summed E-state index contributed by atoms with van der Waals surface area (Å²) in [6, 6.07) is 1.30. The first-order valence-corrected chi connectivity index (χ1v) is 5.11. The number of hydrogen-bond acceptors (Lipinski definition) is 2. The first kappa shape index (κ1) is 9.87. The lowest BCUT2D eigenvalue weighted by Crippen LogP contribution is -2.13. The molecule has 0 aromatic carbocycles. The smallest absolute Gasteiger partial charge is 0.217 e. The zero-order valence-corrected chi connectivity index (χ0v) is 8.47. The van der Waals surface area contributed by atoms with Gasteiger partial charge < -0.3 is 5.73 Å². The van der Waals surface area contributed by atoms with Crippen molar-refractivity contribution in [3.63, 3.8) is 0 Å². The van der Waals surface area contributed by atoms with Crippen molar-refractivity contribution in [2.24, 2.45) is 11.7 Å². The van der Waals surface area contributed by atoms with Gasteiger partial charge in [-0.05, 0) is 18.4 Å². The number of pyridine rings is 1. The van der Waals surface area contributed by atoms with Crippen molar-refractivity contribution in [1.82, 2.24) is 4.98 Å². The Bertz CT molecular complexity index is 339. The molecule has 0 spiro atoms. The molecule has 76 valence electrons. The molecule has 1 fully saturated rings. The fraction of sp³-hybridized carbons (Fsp3) is 0.500. The molecule has 1 aromatic rings. The third-order valence-corrected chi connectivity index (χ3v) is 2.72. The first-order chi connectivity index (χ1) is 6.66. The van der Waals surface area contributed by atoms with Crippen LogP contribution in [0.3, 0.4) is 0 Å². The molecule has 1 aromatic heterocycles. The van der Waals surface area contributed by atoms with E-state index < -0.39 is 5.95 Å². The van der Waals surface area contributed by atoms with Crippen molar-refractivity contribution in [3.8, 4) is 0 Å². The molecule has 0 amide bonds. The van der Waals surface area contributed by atoms with Crippen molar-refractivity contribution < 1.29 is 4.39 Å². The van der Waals surface area contributed by atoms with Gasteiger partial charge in [0.2, 0.25) is 5.95 Å². The highest BCUT2D eigenvalue weighted by Gasteiger charge is 2.26. The van der Waals surface area contributed by atoms with Crippen molar-refractivity contribution in [2.45, 2.75) is 25.3 Å². The minimum atomic E-state index is -0.498. The van der Waals surface area contributed by atoms with E-state index in [1.54, 1.807) is 6.07 Å². The predicted molar refractivity (Wildman–Crippen MR) is 53.5 cm³/mol. The summed E-state index contributed by atoms with van der Waals surface area (Å²) in [4.78, 5) is 3.55. The second-order valence-corrected chi connectivity index (χ2v) is 4.26. The van der Waals surface area contributed by atoms with E-state index in [4.69, 9.17) is 17.3 Å². The number of nitrogens with two attached hydrogens (primary N) is 1. The van der Waals surface area contributed by atoms with Crippen LogP contribution in [0.4, 0.5) is 4.39 Å². The van der Waals surface area contributed by atoms with Gasteiger partial charge in [0.1, 0.15) is 0 Å². The van der Waals surface area contributed by atoms with E-state index in [1.807, 2.05) is 0 Å². The van der Waals surface area contributed by atoms with E-state index in [1.165, 1.54) is 19.0 Å². The van der Waals surface area contributed by atoms with Crippen LogP contribution in [-0.2, 0) is 0 Å². The summed E-state index contributed by atoms with van der Waals surface area (Å²) in [5.41, 5.74) is 6.30. The van der Waals surface area contributed by atoms with Gasteiger partial charge in [0.25, 0.3) is 0 Å². The lowest BCUT2D eigenvalue weighted by Gasteiger charge is -2.11. The molecule has 2 N–H and O–H groups in total. The van der Waals surface area contributed by atoms with E-state index in [0.29, 0.717) is 16.5 Å². The predicted octanol–water partition coefficient (Wildman–Crippen LogP) is 2.67. The second-order valence-electron chi connectivity index (χ2n) is 3.82. The molecule has 1 aliphatic carbocycles. The van der Waals surface area contributed by atoms with Gasteiger partial charge in [0, 0.05) is 17.8 Å². The number of rotatable bonds is 3. The first-order valence-electron chi connectivity index (χ1n) is 4.73. The van der Waals surface area contributed by atoms with Crippen molar-refractivity contribution in [1.29, 1.82) is 0 Å². The average Bonchev–Trinajstić information content (AvgIpc) is 2.93. The van der Waals surface area contributed by atoms with Gasteiger partial charge >= 0.3 is 0 Å². The van der Waals surface area contributed by atoms with Crippen LogP contribution in [0.2, 0.25) is 5.02 Å². The number of halogens is 2. The summed E-state index contributed by atoms with van der Waals surface area (Å²) in [7, 11) is 0. The minimum absolute atomic E-state index is 0.270. The molecule has 2 rings (SSSR count). The third kappa shape index (κ3) is 2.22. The molecule has 1 saturated carbocycles. The Kier molecular flexibility index (Phi) is 2.70. The van der Waals surface area contributed by atoms with Gasteiger partial charge in [-0.2, -0.15) is 4.39 Å². The van der Waals surface area contributed by atoms with Crippen LogP contribution < -0.4 is 5.73 Å². The molecule has 0 unspecified atom stereocenters. The molecule has 0 saturated heterocycles.